The molecule has 1 heterocycles. The molecule has 1 aromatic heterocycles. The first-order valence-electron chi connectivity index (χ1n) is 5.66. The third-order valence-electron chi connectivity index (χ3n) is 2.73. The van der Waals surface area contributed by atoms with E-state index in [9.17, 15) is 9.90 Å². The fourth-order valence-electron chi connectivity index (χ4n) is 1.79. The predicted octanol–water partition coefficient (Wildman–Crippen LogP) is 2.40. The van der Waals surface area contributed by atoms with E-state index in [1.165, 1.54) is 0 Å². The molecule has 0 fully saturated rings. The van der Waals surface area contributed by atoms with Crippen LogP contribution in [0.5, 0.6) is 0 Å². The van der Waals surface area contributed by atoms with Crippen molar-refractivity contribution in [2.24, 2.45) is 0 Å². The van der Waals surface area contributed by atoms with Crippen molar-refractivity contribution in [3.05, 3.63) is 59.9 Å². The number of aliphatic hydroxyl groups is 1. The summed E-state index contributed by atoms with van der Waals surface area (Å²) in [7, 11) is 0. The molecule has 94 valence electrons. The van der Waals surface area contributed by atoms with Crippen LogP contribution in [0, 0.1) is 0 Å². The maximum absolute atomic E-state index is 12.0. The Morgan fingerprint density at radius 2 is 2.00 bits per heavy atom. The maximum Gasteiger partial charge on any atom is 0.217 e. The fraction of sp³-hybridized carbons (Fsp3) is 0.214. The Labute approximate surface area is 110 Å². The third-order valence-corrected chi connectivity index (χ3v) is 3.39. The molecule has 3 nitrogen and oxygen atoms in total. The number of aliphatic hydroxyl groups excluding tert-OH is 1. The zero-order valence-corrected chi connectivity index (χ0v) is 10.9. The highest BCUT2D eigenvalue weighted by molar-refractivity contribution is 7.99. The van der Waals surface area contributed by atoms with Crippen LogP contribution in [0.25, 0.3) is 0 Å². The number of nitrogens with zero attached hydrogens (tertiary/aromatic N) is 1. The lowest BCUT2D eigenvalue weighted by Gasteiger charge is -2.11. The minimum absolute atomic E-state index is 0.247. The number of carbonyl (C=O) groups excluding carboxylic acids is 1. The van der Waals surface area contributed by atoms with E-state index >= 15 is 0 Å². The Bertz CT molecular complexity index is 522. The lowest BCUT2D eigenvalue weighted by molar-refractivity contribution is 0.0859. The van der Waals surface area contributed by atoms with E-state index in [0.29, 0.717) is 12.2 Å². The summed E-state index contributed by atoms with van der Waals surface area (Å²) in [6.45, 7) is 0.635. The largest absolute Gasteiger partial charge is 0.374 e. The average Bonchev–Trinajstić information content (AvgIpc) is 2.86. The van der Waals surface area contributed by atoms with Crippen molar-refractivity contribution in [2.75, 3.05) is 6.26 Å². The van der Waals surface area contributed by atoms with Crippen molar-refractivity contribution in [1.82, 2.24) is 4.57 Å². The summed E-state index contributed by atoms with van der Waals surface area (Å²) in [4.78, 5) is 12.0. The molecule has 0 radical (unpaired) electrons. The lowest BCUT2D eigenvalue weighted by atomic mass is 10.2. The minimum Gasteiger partial charge on any atom is -0.374 e. The van der Waals surface area contributed by atoms with E-state index < -0.39 is 5.44 Å². The number of hydrogen-bond acceptors (Lipinski definition) is 3. The zero-order valence-electron chi connectivity index (χ0n) is 10.1. The fourth-order valence-corrected chi connectivity index (χ4v) is 2.12. The molecule has 0 aliphatic rings. The van der Waals surface area contributed by atoms with Gasteiger partial charge in [0, 0.05) is 12.7 Å². The summed E-state index contributed by atoms with van der Waals surface area (Å²) in [6, 6.07) is 13.5. The number of aromatic nitrogens is 1. The summed E-state index contributed by atoms with van der Waals surface area (Å²) < 4.78 is 1.86. The highest BCUT2D eigenvalue weighted by Gasteiger charge is 2.18. The molecular formula is C14H15NO2S. The van der Waals surface area contributed by atoms with Crippen LogP contribution < -0.4 is 0 Å². The van der Waals surface area contributed by atoms with E-state index in [1.54, 1.807) is 12.3 Å². The molecule has 2 rings (SSSR count). The van der Waals surface area contributed by atoms with Gasteiger partial charge in [0.1, 0.15) is 0 Å². The molecule has 1 aromatic carbocycles. The van der Waals surface area contributed by atoms with Gasteiger partial charge in [-0.3, -0.25) is 4.79 Å². The van der Waals surface area contributed by atoms with Crippen molar-refractivity contribution >= 4 is 17.5 Å². The van der Waals surface area contributed by atoms with Crippen LogP contribution >= 0.6 is 11.8 Å². The van der Waals surface area contributed by atoms with Gasteiger partial charge in [-0.1, -0.05) is 30.3 Å². The molecule has 2 aromatic rings. The van der Waals surface area contributed by atoms with Gasteiger partial charge in [-0.2, -0.15) is 0 Å². The molecule has 1 atom stereocenters. The summed E-state index contributed by atoms with van der Waals surface area (Å²) in [5.41, 5.74) is 0.677. The smallest absolute Gasteiger partial charge is 0.217 e. The van der Waals surface area contributed by atoms with E-state index in [0.717, 1.165) is 17.3 Å². The number of hydrogen-bond donors (Lipinski definition) is 1. The topological polar surface area (TPSA) is 42.2 Å². The Morgan fingerprint density at radius 3 is 2.67 bits per heavy atom. The van der Waals surface area contributed by atoms with Crippen LogP contribution in [-0.2, 0) is 6.54 Å². The summed E-state index contributed by atoms with van der Waals surface area (Å²) >= 11 is 1.14. The van der Waals surface area contributed by atoms with Gasteiger partial charge in [-0.05, 0) is 24.0 Å². The first-order chi connectivity index (χ1) is 8.72. The molecule has 1 unspecified atom stereocenters. The molecule has 0 aliphatic heterocycles. The number of ketones is 1. The lowest BCUT2D eigenvalue weighted by Crippen LogP contribution is -2.20. The average molecular weight is 261 g/mol. The van der Waals surface area contributed by atoms with Crippen LogP contribution in [0.3, 0.4) is 0 Å². The third kappa shape index (κ3) is 2.83. The molecule has 4 heteroatoms. The highest BCUT2D eigenvalue weighted by atomic mass is 32.2. The molecule has 0 saturated heterocycles. The maximum atomic E-state index is 12.0. The molecule has 0 spiro atoms. The number of benzene rings is 1. The number of rotatable bonds is 5. The van der Waals surface area contributed by atoms with Crippen molar-refractivity contribution in [3.63, 3.8) is 0 Å². The van der Waals surface area contributed by atoms with Gasteiger partial charge in [0.25, 0.3) is 0 Å². The van der Waals surface area contributed by atoms with Crippen LogP contribution in [-0.4, -0.2) is 27.1 Å². The quantitative estimate of drug-likeness (QED) is 0.664. The summed E-state index contributed by atoms with van der Waals surface area (Å²) in [5.74, 6) is -0.247. The summed E-state index contributed by atoms with van der Waals surface area (Å²) in [6.07, 6.45) is 3.57. The Kier molecular flexibility index (Phi) is 4.23. The molecule has 0 saturated carbocycles. The van der Waals surface area contributed by atoms with Crippen LogP contribution in [0.15, 0.2) is 48.7 Å². The van der Waals surface area contributed by atoms with Gasteiger partial charge in [-0.25, -0.2) is 0 Å². The molecule has 0 aliphatic carbocycles. The second-order valence-electron chi connectivity index (χ2n) is 3.96. The molecular weight excluding hydrogens is 246 g/mol. The van der Waals surface area contributed by atoms with Gasteiger partial charge >= 0.3 is 0 Å². The Balaban J connectivity index is 2.21. The van der Waals surface area contributed by atoms with E-state index in [2.05, 4.69) is 0 Å². The normalized spacial score (nSPS) is 12.3. The van der Waals surface area contributed by atoms with Crippen molar-refractivity contribution in [3.8, 4) is 0 Å². The van der Waals surface area contributed by atoms with Crippen molar-refractivity contribution < 1.29 is 9.90 Å². The zero-order chi connectivity index (χ0) is 13.0. The van der Waals surface area contributed by atoms with E-state index in [4.69, 9.17) is 0 Å². The number of Topliss-reactive ketones (excluding diaryl/α,β-unsaturated/α-hetero) is 1. The van der Waals surface area contributed by atoms with Gasteiger partial charge in [0.05, 0.1) is 5.69 Å². The van der Waals surface area contributed by atoms with Crippen LogP contribution in [0.1, 0.15) is 16.1 Å². The van der Waals surface area contributed by atoms with Crippen molar-refractivity contribution in [2.45, 2.75) is 12.0 Å². The standard InChI is InChI=1S/C14H15NO2S/c1-18-14(17)13(16)12-8-5-9-15(12)10-11-6-3-2-4-7-11/h2-9,14,17H,10H2,1H3. The van der Waals surface area contributed by atoms with Crippen LogP contribution in [0.4, 0.5) is 0 Å². The van der Waals surface area contributed by atoms with Gasteiger partial charge in [0.15, 0.2) is 5.44 Å². The number of carbonyl (C=O) groups is 1. The summed E-state index contributed by atoms with van der Waals surface area (Å²) in [5, 5.41) is 9.59. The predicted molar refractivity (Wildman–Crippen MR) is 73.8 cm³/mol. The van der Waals surface area contributed by atoms with Gasteiger partial charge in [0.2, 0.25) is 5.78 Å². The monoisotopic (exact) mass is 261 g/mol. The van der Waals surface area contributed by atoms with E-state index in [1.807, 2.05) is 47.2 Å². The first kappa shape index (κ1) is 12.9. The van der Waals surface area contributed by atoms with Crippen molar-refractivity contribution in [1.29, 1.82) is 0 Å². The van der Waals surface area contributed by atoms with Gasteiger partial charge < -0.3 is 9.67 Å². The van der Waals surface area contributed by atoms with Crippen LogP contribution in [0.2, 0.25) is 0 Å². The number of thioether (sulfide) groups is 1. The Morgan fingerprint density at radius 1 is 1.28 bits per heavy atom. The minimum atomic E-state index is -0.991. The molecule has 1 N–H and O–H groups in total. The van der Waals surface area contributed by atoms with Gasteiger partial charge in [-0.15, -0.1) is 11.8 Å². The molecule has 0 bridgehead atoms. The SMILES string of the molecule is CSC(O)C(=O)c1cccn1Cc1ccccc1. The second kappa shape index (κ2) is 5.89. The molecule has 18 heavy (non-hydrogen) atoms. The molecule has 0 amide bonds. The first-order valence-corrected chi connectivity index (χ1v) is 6.95. The second-order valence-corrected chi connectivity index (χ2v) is 4.88. The Hall–Kier alpha value is -1.52. The highest BCUT2D eigenvalue weighted by Crippen LogP contribution is 2.14. The van der Waals surface area contributed by atoms with E-state index in [-0.39, 0.29) is 5.78 Å².